The van der Waals surface area contributed by atoms with E-state index in [1.54, 1.807) is 34.0 Å². The molecule has 1 fully saturated rings. The largest absolute Gasteiger partial charge is 0.324 e. The third kappa shape index (κ3) is 3.98. The summed E-state index contributed by atoms with van der Waals surface area (Å²) in [7, 11) is 0. The number of likely N-dealkylation sites (tertiary alicyclic amines) is 1. The molecule has 1 aromatic heterocycles. The zero-order chi connectivity index (χ0) is 20.5. The molecule has 0 saturated carbocycles. The number of benzene rings is 2. The Morgan fingerprint density at radius 2 is 1.86 bits per heavy atom. The van der Waals surface area contributed by atoms with Crippen molar-refractivity contribution in [1.82, 2.24) is 14.5 Å². The van der Waals surface area contributed by atoms with E-state index >= 15 is 0 Å². The first-order chi connectivity index (χ1) is 13.9. The van der Waals surface area contributed by atoms with E-state index in [2.05, 4.69) is 10.3 Å². The number of urea groups is 1. The lowest BCUT2D eigenvalue weighted by Crippen LogP contribution is -2.42. The van der Waals surface area contributed by atoms with E-state index in [1.165, 1.54) is 5.56 Å². The molecule has 7 heteroatoms. The Balaban J connectivity index is 1.44. The van der Waals surface area contributed by atoms with Crippen molar-refractivity contribution in [2.75, 3.05) is 18.4 Å². The van der Waals surface area contributed by atoms with Crippen molar-refractivity contribution in [1.29, 1.82) is 0 Å². The monoisotopic (exact) mass is 410 g/mol. The molecular formula is C22H23ClN4O2. The standard InChI is InChI=1S/C22H23ClN4O2/c1-14-3-5-17(11-15(14)2)25-22(29)26-9-7-18(8-10-26)27-13-24-20-12-16(23)4-6-19(20)21(27)28/h3-6,11-13,18H,7-10H2,1-2H3,(H,25,29). The average molecular weight is 411 g/mol. The van der Waals surface area contributed by atoms with Gasteiger partial charge < -0.3 is 10.2 Å². The number of carbonyl (C=O) groups is 1. The van der Waals surface area contributed by atoms with Crippen LogP contribution >= 0.6 is 11.6 Å². The molecule has 3 aromatic rings. The van der Waals surface area contributed by atoms with Gasteiger partial charge in [0.2, 0.25) is 0 Å². The van der Waals surface area contributed by atoms with Crippen LogP contribution in [0, 0.1) is 13.8 Å². The Hall–Kier alpha value is -2.86. The second kappa shape index (κ2) is 7.87. The third-order valence-electron chi connectivity index (χ3n) is 5.65. The van der Waals surface area contributed by atoms with Crippen LogP contribution < -0.4 is 10.9 Å². The summed E-state index contributed by atoms with van der Waals surface area (Å²) in [5.74, 6) is 0. The van der Waals surface area contributed by atoms with Gasteiger partial charge in [-0.15, -0.1) is 0 Å². The number of aromatic nitrogens is 2. The van der Waals surface area contributed by atoms with Gasteiger partial charge in [0.25, 0.3) is 5.56 Å². The summed E-state index contributed by atoms with van der Waals surface area (Å²) >= 11 is 5.99. The molecule has 0 bridgehead atoms. The van der Waals surface area contributed by atoms with Gasteiger partial charge in [0.05, 0.1) is 17.2 Å². The van der Waals surface area contributed by atoms with E-state index in [9.17, 15) is 9.59 Å². The summed E-state index contributed by atoms with van der Waals surface area (Å²) in [6.45, 7) is 5.25. The Morgan fingerprint density at radius 3 is 2.59 bits per heavy atom. The van der Waals surface area contributed by atoms with Crippen molar-refractivity contribution in [2.24, 2.45) is 0 Å². The van der Waals surface area contributed by atoms with Crippen molar-refractivity contribution in [3.05, 3.63) is 69.2 Å². The molecule has 0 radical (unpaired) electrons. The third-order valence-corrected chi connectivity index (χ3v) is 5.88. The maximum absolute atomic E-state index is 12.8. The minimum atomic E-state index is -0.106. The van der Waals surface area contributed by atoms with Crippen LogP contribution in [0.25, 0.3) is 10.9 Å². The van der Waals surface area contributed by atoms with Crippen molar-refractivity contribution in [2.45, 2.75) is 32.7 Å². The van der Waals surface area contributed by atoms with Crippen molar-refractivity contribution < 1.29 is 4.79 Å². The molecular weight excluding hydrogens is 388 g/mol. The first-order valence-corrected chi connectivity index (χ1v) is 10.1. The van der Waals surface area contributed by atoms with E-state index in [4.69, 9.17) is 11.6 Å². The number of halogens is 1. The number of amides is 2. The fraction of sp³-hybridized carbons (Fsp3) is 0.318. The number of hydrogen-bond donors (Lipinski definition) is 1. The normalized spacial score (nSPS) is 14.9. The highest BCUT2D eigenvalue weighted by Crippen LogP contribution is 2.23. The molecule has 4 rings (SSSR count). The number of anilines is 1. The Morgan fingerprint density at radius 1 is 1.10 bits per heavy atom. The highest BCUT2D eigenvalue weighted by molar-refractivity contribution is 6.31. The molecule has 2 heterocycles. The highest BCUT2D eigenvalue weighted by Gasteiger charge is 2.25. The lowest BCUT2D eigenvalue weighted by atomic mass is 10.0. The summed E-state index contributed by atoms with van der Waals surface area (Å²) in [5, 5.41) is 4.09. The molecule has 1 N–H and O–H groups in total. The van der Waals surface area contributed by atoms with Gasteiger partial charge in [-0.05, 0) is 68.1 Å². The summed E-state index contributed by atoms with van der Waals surface area (Å²) in [5.41, 5.74) is 3.67. The molecule has 0 unspecified atom stereocenters. The van der Waals surface area contributed by atoms with Gasteiger partial charge in [0.15, 0.2) is 0 Å². The number of piperidine rings is 1. The molecule has 6 nitrogen and oxygen atoms in total. The topological polar surface area (TPSA) is 67.2 Å². The van der Waals surface area contributed by atoms with Gasteiger partial charge in [-0.1, -0.05) is 17.7 Å². The van der Waals surface area contributed by atoms with E-state index in [1.807, 2.05) is 32.0 Å². The van der Waals surface area contributed by atoms with Gasteiger partial charge in [-0.2, -0.15) is 0 Å². The number of nitrogens with one attached hydrogen (secondary N) is 1. The smallest absolute Gasteiger partial charge is 0.321 e. The molecule has 1 aliphatic heterocycles. The number of aryl methyl sites for hydroxylation is 2. The van der Waals surface area contributed by atoms with Gasteiger partial charge in [-0.3, -0.25) is 9.36 Å². The van der Waals surface area contributed by atoms with Crippen LogP contribution in [0.1, 0.15) is 30.0 Å². The van der Waals surface area contributed by atoms with E-state index in [-0.39, 0.29) is 17.6 Å². The van der Waals surface area contributed by atoms with Crippen molar-refractivity contribution in [3.8, 4) is 0 Å². The number of hydrogen-bond acceptors (Lipinski definition) is 3. The SMILES string of the molecule is Cc1ccc(NC(=O)N2CCC(n3cnc4cc(Cl)ccc4c3=O)CC2)cc1C. The van der Waals surface area contributed by atoms with Crippen LogP contribution in [0.3, 0.4) is 0 Å². The van der Waals surface area contributed by atoms with Crippen LogP contribution in [0.15, 0.2) is 47.5 Å². The van der Waals surface area contributed by atoms with Crippen LogP contribution in [-0.2, 0) is 0 Å². The second-order valence-electron chi connectivity index (χ2n) is 7.57. The molecule has 1 aliphatic rings. The summed E-state index contributed by atoms with van der Waals surface area (Å²) in [6.07, 6.45) is 3.01. The summed E-state index contributed by atoms with van der Waals surface area (Å²) < 4.78 is 1.69. The molecule has 29 heavy (non-hydrogen) atoms. The summed E-state index contributed by atoms with van der Waals surface area (Å²) in [6, 6.07) is 10.9. The van der Waals surface area contributed by atoms with Crippen LogP contribution in [-0.4, -0.2) is 33.6 Å². The fourth-order valence-corrected chi connectivity index (χ4v) is 3.90. The first-order valence-electron chi connectivity index (χ1n) is 9.72. The highest BCUT2D eigenvalue weighted by atomic mass is 35.5. The number of nitrogens with zero attached hydrogens (tertiary/aromatic N) is 3. The van der Waals surface area contributed by atoms with Crippen LogP contribution in [0.5, 0.6) is 0 Å². The molecule has 1 saturated heterocycles. The van der Waals surface area contributed by atoms with Crippen LogP contribution in [0.4, 0.5) is 10.5 Å². The zero-order valence-corrected chi connectivity index (χ0v) is 17.2. The zero-order valence-electron chi connectivity index (χ0n) is 16.5. The lowest BCUT2D eigenvalue weighted by molar-refractivity contribution is 0.182. The van der Waals surface area contributed by atoms with E-state index < -0.39 is 0 Å². The van der Waals surface area contributed by atoms with Gasteiger partial charge in [0.1, 0.15) is 0 Å². The predicted octanol–water partition coefficient (Wildman–Crippen LogP) is 4.54. The summed E-state index contributed by atoms with van der Waals surface area (Å²) in [4.78, 5) is 31.6. The molecule has 0 atom stereocenters. The predicted molar refractivity (Wildman–Crippen MR) is 116 cm³/mol. The number of fused-ring (bicyclic) bond motifs is 1. The average Bonchev–Trinajstić information content (AvgIpc) is 2.71. The number of rotatable bonds is 2. The maximum Gasteiger partial charge on any atom is 0.321 e. The Bertz CT molecular complexity index is 1130. The van der Waals surface area contributed by atoms with Crippen LogP contribution in [0.2, 0.25) is 5.02 Å². The molecule has 150 valence electrons. The molecule has 2 aromatic carbocycles. The van der Waals surface area contributed by atoms with Crippen molar-refractivity contribution >= 4 is 34.2 Å². The molecule has 2 amide bonds. The van der Waals surface area contributed by atoms with Gasteiger partial charge >= 0.3 is 6.03 Å². The Kier molecular flexibility index (Phi) is 5.28. The van der Waals surface area contributed by atoms with Crippen molar-refractivity contribution in [3.63, 3.8) is 0 Å². The Labute approximate surface area is 174 Å². The fourth-order valence-electron chi connectivity index (χ4n) is 3.74. The van der Waals surface area contributed by atoms with Gasteiger partial charge in [0, 0.05) is 29.8 Å². The first kappa shape index (κ1) is 19.5. The lowest BCUT2D eigenvalue weighted by Gasteiger charge is -2.32. The number of carbonyl (C=O) groups excluding carboxylic acids is 1. The maximum atomic E-state index is 12.8. The second-order valence-corrected chi connectivity index (χ2v) is 8.00. The van der Waals surface area contributed by atoms with E-state index in [0.717, 1.165) is 11.3 Å². The quantitative estimate of drug-likeness (QED) is 0.674. The molecule has 0 spiro atoms. The van der Waals surface area contributed by atoms with E-state index in [0.29, 0.717) is 41.9 Å². The minimum absolute atomic E-state index is 0.0285. The van der Waals surface area contributed by atoms with Gasteiger partial charge in [-0.25, -0.2) is 9.78 Å². The minimum Gasteiger partial charge on any atom is -0.324 e. The molecule has 0 aliphatic carbocycles.